The fraction of sp³-hybridized carbons (Fsp3) is 0.409. The highest BCUT2D eigenvalue weighted by atomic mass is 127. The van der Waals surface area contributed by atoms with E-state index in [4.69, 9.17) is 9.47 Å². The molecule has 0 bridgehead atoms. The van der Waals surface area contributed by atoms with Crippen LogP contribution in [-0.4, -0.2) is 38.7 Å². The fourth-order valence-electron chi connectivity index (χ4n) is 3.16. The number of para-hydroxylation sites is 1. The van der Waals surface area contributed by atoms with E-state index in [0.29, 0.717) is 31.3 Å². The zero-order chi connectivity index (χ0) is 22.3. The number of ether oxygens (including phenoxy) is 3. The van der Waals surface area contributed by atoms with Crippen molar-refractivity contribution in [1.29, 1.82) is 0 Å². The summed E-state index contributed by atoms with van der Waals surface area (Å²) in [5.41, 5.74) is 2.39. The largest absolute Gasteiger partial charge is 0.573 e. The second-order valence-corrected chi connectivity index (χ2v) is 7.15. The van der Waals surface area contributed by atoms with Gasteiger partial charge in [0.25, 0.3) is 0 Å². The van der Waals surface area contributed by atoms with E-state index in [1.54, 1.807) is 19.2 Å². The van der Waals surface area contributed by atoms with Crippen molar-refractivity contribution in [3.63, 3.8) is 0 Å². The monoisotopic (exact) mass is 565 g/mol. The van der Waals surface area contributed by atoms with Crippen LogP contribution in [0.25, 0.3) is 0 Å². The van der Waals surface area contributed by atoms with Gasteiger partial charge in [-0.3, -0.25) is 4.99 Å². The number of aliphatic imine (C=N–C) groups is 1. The zero-order valence-electron chi connectivity index (χ0n) is 17.9. The molecular weight excluding hydrogens is 538 g/mol. The first kappa shape index (κ1) is 26.0. The molecule has 1 heterocycles. The van der Waals surface area contributed by atoms with Gasteiger partial charge in [0.2, 0.25) is 0 Å². The molecule has 2 N–H and O–H groups in total. The molecular formula is C22H27F3IN3O3. The second kappa shape index (κ2) is 12.1. The van der Waals surface area contributed by atoms with E-state index >= 15 is 0 Å². The Hall–Kier alpha value is -2.21. The Morgan fingerprint density at radius 2 is 1.78 bits per heavy atom. The number of alkyl halides is 3. The topological polar surface area (TPSA) is 64.1 Å². The Labute approximate surface area is 202 Å². The molecule has 1 saturated heterocycles. The molecule has 1 aliphatic rings. The van der Waals surface area contributed by atoms with Gasteiger partial charge in [-0.2, -0.15) is 0 Å². The third kappa shape index (κ3) is 8.05. The van der Waals surface area contributed by atoms with E-state index in [1.165, 1.54) is 12.1 Å². The lowest BCUT2D eigenvalue weighted by atomic mass is 10.1. The molecule has 0 aliphatic carbocycles. The van der Waals surface area contributed by atoms with Crippen molar-refractivity contribution in [3.05, 3.63) is 59.2 Å². The van der Waals surface area contributed by atoms with Crippen molar-refractivity contribution in [2.24, 2.45) is 4.99 Å². The van der Waals surface area contributed by atoms with Crippen molar-refractivity contribution in [2.45, 2.75) is 38.9 Å². The molecule has 0 aromatic heterocycles. The van der Waals surface area contributed by atoms with Crippen LogP contribution in [0.1, 0.15) is 23.1 Å². The molecule has 32 heavy (non-hydrogen) atoms. The average molecular weight is 565 g/mol. The van der Waals surface area contributed by atoms with Crippen LogP contribution in [0, 0.1) is 6.92 Å². The molecule has 176 valence electrons. The lowest BCUT2D eigenvalue weighted by Gasteiger charge is -2.18. The smallest absolute Gasteiger partial charge is 0.488 e. The normalized spacial score (nSPS) is 16.3. The summed E-state index contributed by atoms with van der Waals surface area (Å²) in [6.07, 6.45) is -3.87. The van der Waals surface area contributed by atoms with Gasteiger partial charge in [-0.15, -0.1) is 37.1 Å². The molecule has 1 fully saturated rings. The summed E-state index contributed by atoms with van der Waals surface area (Å²) < 4.78 is 53.4. The minimum Gasteiger partial charge on any atom is -0.488 e. The van der Waals surface area contributed by atoms with E-state index in [1.807, 2.05) is 25.1 Å². The first-order chi connectivity index (χ1) is 14.8. The number of hydrogen-bond donors (Lipinski definition) is 2. The van der Waals surface area contributed by atoms with E-state index in [0.717, 1.165) is 23.3 Å². The van der Waals surface area contributed by atoms with Crippen molar-refractivity contribution in [1.82, 2.24) is 10.6 Å². The van der Waals surface area contributed by atoms with Crippen molar-refractivity contribution >= 4 is 29.9 Å². The van der Waals surface area contributed by atoms with Crippen LogP contribution in [0.3, 0.4) is 0 Å². The molecule has 1 atom stereocenters. The van der Waals surface area contributed by atoms with Gasteiger partial charge >= 0.3 is 6.36 Å². The van der Waals surface area contributed by atoms with Gasteiger partial charge in [-0.25, -0.2) is 0 Å². The molecule has 6 nitrogen and oxygen atoms in total. The Bertz CT molecular complexity index is 903. The van der Waals surface area contributed by atoms with Gasteiger partial charge in [0.15, 0.2) is 5.96 Å². The van der Waals surface area contributed by atoms with Gasteiger partial charge in [-0.05, 0) is 24.6 Å². The molecule has 0 amide bonds. The van der Waals surface area contributed by atoms with Crippen LogP contribution in [0.15, 0.2) is 47.5 Å². The lowest BCUT2D eigenvalue weighted by Crippen LogP contribution is -2.36. The summed E-state index contributed by atoms with van der Waals surface area (Å²) in [4.78, 5) is 4.14. The zero-order valence-corrected chi connectivity index (χ0v) is 20.2. The Balaban J connectivity index is 0.00000363. The highest BCUT2D eigenvalue weighted by Gasteiger charge is 2.32. The SMILES string of the molecule is CN=C(NCc1ccc(C)cc1OC1CCOC1)NCc1ccccc1OC(F)(F)F.I. The van der Waals surface area contributed by atoms with Crippen LogP contribution in [0.5, 0.6) is 11.5 Å². The first-order valence-electron chi connectivity index (χ1n) is 9.96. The summed E-state index contributed by atoms with van der Waals surface area (Å²) in [5.74, 6) is 0.978. The maximum absolute atomic E-state index is 12.6. The molecule has 1 aliphatic heterocycles. The summed E-state index contributed by atoms with van der Waals surface area (Å²) in [6, 6.07) is 11.9. The quantitative estimate of drug-likeness (QED) is 0.293. The molecule has 3 rings (SSSR count). The number of aryl methyl sites for hydroxylation is 1. The van der Waals surface area contributed by atoms with Gasteiger partial charge in [0.05, 0.1) is 13.2 Å². The third-order valence-electron chi connectivity index (χ3n) is 4.72. The summed E-state index contributed by atoms with van der Waals surface area (Å²) in [5, 5.41) is 6.19. The average Bonchev–Trinajstić information content (AvgIpc) is 3.22. The molecule has 0 saturated carbocycles. The van der Waals surface area contributed by atoms with Gasteiger partial charge in [0, 0.05) is 37.7 Å². The van der Waals surface area contributed by atoms with Gasteiger partial charge in [-0.1, -0.05) is 30.3 Å². The van der Waals surface area contributed by atoms with E-state index in [9.17, 15) is 13.2 Å². The number of nitrogens with zero attached hydrogens (tertiary/aromatic N) is 1. The van der Waals surface area contributed by atoms with Crippen LogP contribution in [0.4, 0.5) is 13.2 Å². The number of guanidine groups is 1. The summed E-state index contributed by atoms with van der Waals surface area (Å²) >= 11 is 0. The second-order valence-electron chi connectivity index (χ2n) is 7.15. The minimum absolute atomic E-state index is 0. The number of rotatable bonds is 7. The lowest BCUT2D eigenvalue weighted by molar-refractivity contribution is -0.274. The highest BCUT2D eigenvalue weighted by Crippen LogP contribution is 2.26. The molecule has 0 radical (unpaired) electrons. The number of halogens is 4. The number of nitrogens with one attached hydrogen (secondary N) is 2. The third-order valence-corrected chi connectivity index (χ3v) is 4.72. The highest BCUT2D eigenvalue weighted by molar-refractivity contribution is 14.0. The molecule has 0 spiro atoms. The van der Waals surface area contributed by atoms with E-state index in [-0.39, 0.29) is 42.4 Å². The predicted molar refractivity (Wildman–Crippen MR) is 127 cm³/mol. The summed E-state index contributed by atoms with van der Waals surface area (Å²) in [6.45, 7) is 3.81. The van der Waals surface area contributed by atoms with Crippen LogP contribution >= 0.6 is 24.0 Å². The minimum atomic E-state index is -4.75. The molecule has 2 aromatic rings. The molecule has 1 unspecified atom stereocenters. The van der Waals surface area contributed by atoms with E-state index < -0.39 is 6.36 Å². The fourth-order valence-corrected chi connectivity index (χ4v) is 3.16. The van der Waals surface area contributed by atoms with Crippen molar-refractivity contribution in [3.8, 4) is 11.5 Å². The Morgan fingerprint density at radius 1 is 1.09 bits per heavy atom. The van der Waals surface area contributed by atoms with E-state index in [2.05, 4.69) is 20.4 Å². The molecule has 2 aromatic carbocycles. The van der Waals surface area contributed by atoms with Crippen molar-refractivity contribution < 1.29 is 27.4 Å². The van der Waals surface area contributed by atoms with Gasteiger partial charge < -0.3 is 24.8 Å². The van der Waals surface area contributed by atoms with Crippen LogP contribution in [0.2, 0.25) is 0 Å². The summed E-state index contributed by atoms with van der Waals surface area (Å²) in [7, 11) is 1.59. The Morgan fingerprint density at radius 3 is 2.41 bits per heavy atom. The molecule has 10 heteroatoms. The van der Waals surface area contributed by atoms with Crippen molar-refractivity contribution in [2.75, 3.05) is 20.3 Å². The first-order valence-corrected chi connectivity index (χ1v) is 9.96. The maximum atomic E-state index is 12.6. The predicted octanol–water partition coefficient (Wildman–Crippen LogP) is 4.54. The number of benzene rings is 2. The maximum Gasteiger partial charge on any atom is 0.573 e. The van der Waals surface area contributed by atoms with Gasteiger partial charge in [0.1, 0.15) is 17.6 Å². The van der Waals surface area contributed by atoms with Crippen LogP contribution < -0.4 is 20.1 Å². The Kier molecular flexibility index (Phi) is 9.88. The standard InChI is InChI=1S/C22H26F3N3O3.HI/c1-15-7-8-17(20(11-15)30-18-9-10-29-14-18)13-28-21(26-2)27-12-16-5-3-4-6-19(16)31-22(23,24)25;/h3-8,11,18H,9-10,12-14H2,1-2H3,(H2,26,27,28);1H. The van der Waals surface area contributed by atoms with Crippen LogP contribution in [-0.2, 0) is 17.8 Å². The number of hydrogen-bond acceptors (Lipinski definition) is 4.